The molecule has 4 nitrogen and oxygen atoms in total. The summed E-state index contributed by atoms with van der Waals surface area (Å²) >= 11 is 1.71. The molecule has 1 amide bonds. The van der Waals surface area contributed by atoms with E-state index in [0.29, 0.717) is 0 Å². The first kappa shape index (κ1) is 14.8. The van der Waals surface area contributed by atoms with Crippen LogP contribution in [-0.4, -0.2) is 27.8 Å². The van der Waals surface area contributed by atoms with E-state index >= 15 is 0 Å². The molecule has 120 valence electrons. The van der Waals surface area contributed by atoms with Gasteiger partial charge in [0.2, 0.25) is 5.91 Å². The molecule has 23 heavy (non-hydrogen) atoms. The zero-order valence-electron chi connectivity index (χ0n) is 13.4. The van der Waals surface area contributed by atoms with Crippen LogP contribution < -0.4 is 0 Å². The first-order valence-electron chi connectivity index (χ1n) is 8.12. The van der Waals surface area contributed by atoms with Crippen molar-refractivity contribution in [1.29, 1.82) is 0 Å². The molecular formula is C18H20N2O2S. The lowest BCUT2D eigenvalue weighted by Crippen LogP contribution is -2.37. The second kappa shape index (κ2) is 5.71. The maximum absolute atomic E-state index is 13.0. The Kier molecular flexibility index (Phi) is 3.68. The van der Waals surface area contributed by atoms with E-state index in [2.05, 4.69) is 30.3 Å². The highest BCUT2D eigenvalue weighted by atomic mass is 32.2. The van der Waals surface area contributed by atoms with Crippen LogP contribution >= 0.6 is 11.8 Å². The molecular weight excluding hydrogens is 308 g/mol. The Morgan fingerprint density at radius 2 is 2.22 bits per heavy atom. The SMILES string of the molecule is Cc1ccc2c(c1)S[C@H](C(=O)N1CCC[C@H]1c1cc(C)no1)C2. The molecule has 1 aromatic heterocycles. The van der Waals surface area contributed by atoms with Crippen molar-refractivity contribution >= 4 is 17.7 Å². The van der Waals surface area contributed by atoms with Crippen molar-refractivity contribution in [1.82, 2.24) is 10.1 Å². The number of carbonyl (C=O) groups excluding carboxylic acids is 1. The smallest absolute Gasteiger partial charge is 0.237 e. The number of rotatable bonds is 2. The quantitative estimate of drug-likeness (QED) is 0.844. The summed E-state index contributed by atoms with van der Waals surface area (Å²) in [5, 5.41) is 3.97. The number of amides is 1. The Balaban J connectivity index is 1.53. The lowest BCUT2D eigenvalue weighted by atomic mass is 10.1. The minimum Gasteiger partial charge on any atom is -0.359 e. The lowest BCUT2D eigenvalue weighted by molar-refractivity contribution is -0.131. The van der Waals surface area contributed by atoms with Crippen molar-refractivity contribution in [2.24, 2.45) is 0 Å². The van der Waals surface area contributed by atoms with Crippen LogP contribution in [0.25, 0.3) is 0 Å². The summed E-state index contributed by atoms with van der Waals surface area (Å²) in [6, 6.07) is 8.48. The molecule has 2 aliphatic rings. The van der Waals surface area contributed by atoms with Gasteiger partial charge in [-0.05, 0) is 44.7 Å². The predicted molar refractivity (Wildman–Crippen MR) is 89.5 cm³/mol. The van der Waals surface area contributed by atoms with Crippen LogP contribution in [0, 0.1) is 13.8 Å². The number of hydrogen-bond donors (Lipinski definition) is 0. The number of aryl methyl sites for hydroxylation is 2. The van der Waals surface area contributed by atoms with E-state index in [0.717, 1.165) is 37.3 Å². The zero-order chi connectivity index (χ0) is 16.0. The van der Waals surface area contributed by atoms with Crippen LogP contribution in [0.5, 0.6) is 0 Å². The Hall–Kier alpha value is -1.75. The van der Waals surface area contributed by atoms with Crippen molar-refractivity contribution in [2.45, 2.75) is 49.3 Å². The van der Waals surface area contributed by atoms with Crippen LogP contribution in [-0.2, 0) is 11.2 Å². The molecule has 0 spiro atoms. The van der Waals surface area contributed by atoms with Crippen LogP contribution in [0.4, 0.5) is 0 Å². The third kappa shape index (κ3) is 2.67. The summed E-state index contributed by atoms with van der Waals surface area (Å²) in [6.45, 7) is 4.83. The highest BCUT2D eigenvalue weighted by molar-refractivity contribution is 8.01. The van der Waals surface area contributed by atoms with Crippen molar-refractivity contribution in [3.8, 4) is 0 Å². The molecule has 1 fully saturated rings. The van der Waals surface area contributed by atoms with E-state index in [9.17, 15) is 4.79 Å². The highest BCUT2D eigenvalue weighted by Crippen LogP contribution is 2.41. The molecule has 2 atom stereocenters. The molecule has 0 unspecified atom stereocenters. The van der Waals surface area contributed by atoms with E-state index in [1.807, 2.05) is 17.9 Å². The molecule has 3 heterocycles. The van der Waals surface area contributed by atoms with Crippen molar-refractivity contribution in [2.75, 3.05) is 6.54 Å². The van der Waals surface area contributed by atoms with E-state index in [-0.39, 0.29) is 17.2 Å². The zero-order valence-corrected chi connectivity index (χ0v) is 14.2. The number of thioether (sulfide) groups is 1. The van der Waals surface area contributed by atoms with Crippen molar-refractivity contribution in [3.05, 3.63) is 46.8 Å². The number of benzene rings is 1. The van der Waals surface area contributed by atoms with Gasteiger partial charge in [0.15, 0.2) is 5.76 Å². The van der Waals surface area contributed by atoms with Gasteiger partial charge in [-0.2, -0.15) is 0 Å². The maximum atomic E-state index is 13.0. The third-order valence-electron chi connectivity index (χ3n) is 4.68. The summed E-state index contributed by atoms with van der Waals surface area (Å²) < 4.78 is 5.42. The normalized spacial score (nSPS) is 23.3. The summed E-state index contributed by atoms with van der Waals surface area (Å²) in [6.07, 6.45) is 2.82. The average molecular weight is 328 g/mol. The van der Waals surface area contributed by atoms with E-state index in [4.69, 9.17) is 4.52 Å². The standard InChI is InChI=1S/C18H20N2O2S/c1-11-5-6-13-10-17(23-16(13)8-11)18(21)20-7-3-4-14(20)15-9-12(2)19-22-15/h5-6,8-9,14,17H,3-4,7,10H2,1-2H3/t14-,17-/m0/s1. The van der Waals surface area contributed by atoms with Crippen molar-refractivity contribution < 1.29 is 9.32 Å². The molecule has 5 heteroatoms. The van der Waals surface area contributed by atoms with Crippen molar-refractivity contribution in [3.63, 3.8) is 0 Å². The van der Waals surface area contributed by atoms with Gasteiger partial charge < -0.3 is 9.42 Å². The molecule has 1 saturated heterocycles. The Labute approximate surface area is 140 Å². The van der Waals surface area contributed by atoms with Crippen LogP contribution in [0.2, 0.25) is 0 Å². The molecule has 0 N–H and O–H groups in total. The largest absolute Gasteiger partial charge is 0.359 e. The second-order valence-electron chi connectivity index (χ2n) is 6.48. The first-order valence-corrected chi connectivity index (χ1v) is 8.99. The van der Waals surface area contributed by atoms with Crippen LogP contribution in [0.1, 0.15) is 41.5 Å². The van der Waals surface area contributed by atoms with Gasteiger partial charge in [-0.15, -0.1) is 11.8 Å². The predicted octanol–water partition coefficient (Wildman–Crippen LogP) is 3.67. The molecule has 0 saturated carbocycles. The summed E-state index contributed by atoms with van der Waals surface area (Å²) in [5.74, 6) is 1.06. The number of aromatic nitrogens is 1. The van der Waals surface area contributed by atoms with Gasteiger partial charge in [-0.25, -0.2) is 0 Å². The number of likely N-dealkylation sites (tertiary alicyclic amines) is 1. The fourth-order valence-electron chi connectivity index (χ4n) is 3.52. The lowest BCUT2D eigenvalue weighted by Gasteiger charge is -2.25. The van der Waals surface area contributed by atoms with Gasteiger partial charge in [0.25, 0.3) is 0 Å². The topological polar surface area (TPSA) is 46.3 Å². The number of fused-ring (bicyclic) bond motifs is 1. The van der Waals surface area contributed by atoms with Crippen LogP contribution in [0.3, 0.4) is 0 Å². The van der Waals surface area contributed by atoms with Gasteiger partial charge in [0, 0.05) is 17.5 Å². The maximum Gasteiger partial charge on any atom is 0.237 e. The monoisotopic (exact) mass is 328 g/mol. The van der Waals surface area contributed by atoms with Gasteiger partial charge in [0.1, 0.15) is 0 Å². The van der Waals surface area contributed by atoms with E-state index in [1.165, 1.54) is 16.0 Å². The van der Waals surface area contributed by atoms with E-state index in [1.54, 1.807) is 11.8 Å². The molecule has 0 bridgehead atoms. The minimum absolute atomic E-state index is 0.00332. The number of carbonyl (C=O) groups is 1. The summed E-state index contributed by atoms with van der Waals surface area (Å²) in [5.41, 5.74) is 3.42. The molecule has 2 aromatic rings. The molecule has 0 aliphatic carbocycles. The van der Waals surface area contributed by atoms with Crippen LogP contribution in [0.15, 0.2) is 33.7 Å². The molecule has 2 aliphatic heterocycles. The molecule has 4 rings (SSSR count). The summed E-state index contributed by atoms with van der Waals surface area (Å²) in [7, 11) is 0. The average Bonchev–Trinajstić information content (AvgIpc) is 3.23. The Morgan fingerprint density at radius 3 is 3.00 bits per heavy atom. The minimum atomic E-state index is -0.00332. The highest BCUT2D eigenvalue weighted by Gasteiger charge is 2.38. The van der Waals surface area contributed by atoms with E-state index < -0.39 is 0 Å². The molecule has 0 radical (unpaired) electrons. The van der Waals surface area contributed by atoms with Gasteiger partial charge in [-0.1, -0.05) is 22.9 Å². The van der Waals surface area contributed by atoms with Gasteiger partial charge >= 0.3 is 0 Å². The fourth-order valence-corrected chi connectivity index (χ4v) is 4.89. The van der Waals surface area contributed by atoms with Gasteiger partial charge in [0.05, 0.1) is 17.0 Å². The first-order chi connectivity index (χ1) is 11.1. The summed E-state index contributed by atoms with van der Waals surface area (Å²) in [4.78, 5) is 16.3. The number of hydrogen-bond acceptors (Lipinski definition) is 4. The Bertz CT molecular complexity index is 755. The van der Waals surface area contributed by atoms with Gasteiger partial charge in [-0.3, -0.25) is 4.79 Å². The fraction of sp³-hybridized carbons (Fsp3) is 0.444. The second-order valence-corrected chi connectivity index (χ2v) is 7.73. The third-order valence-corrected chi connectivity index (χ3v) is 5.97. The molecule has 1 aromatic carbocycles. The Morgan fingerprint density at radius 1 is 1.35 bits per heavy atom. The number of nitrogens with zero attached hydrogens (tertiary/aromatic N) is 2.